The Morgan fingerprint density at radius 3 is 2.33 bits per heavy atom. The van der Waals surface area contributed by atoms with E-state index in [0.29, 0.717) is 0 Å². The van der Waals surface area contributed by atoms with Gasteiger partial charge in [-0.3, -0.25) is 0 Å². The van der Waals surface area contributed by atoms with E-state index in [0.717, 1.165) is 0 Å². The minimum Gasteiger partial charge on any atom is -0.503 e. The van der Waals surface area contributed by atoms with Crippen molar-refractivity contribution in [3.63, 3.8) is 0 Å². The van der Waals surface area contributed by atoms with Crippen LogP contribution in [-0.2, 0) is 6.18 Å². The second-order valence-electron chi connectivity index (χ2n) is 3.37. The van der Waals surface area contributed by atoms with E-state index in [1.54, 1.807) is 0 Å². The molecule has 1 aromatic carbocycles. The second-order valence-corrected chi connectivity index (χ2v) is 3.37. The van der Waals surface area contributed by atoms with Crippen LogP contribution in [-0.4, -0.2) is 5.11 Å². The van der Waals surface area contributed by atoms with Crippen molar-refractivity contribution in [3.05, 3.63) is 39.8 Å². The Morgan fingerprint density at radius 1 is 1.17 bits per heavy atom. The predicted molar refractivity (Wildman–Crippen MR) is 49.1 cm³/mol. The molecule has 0 aliphatic carbocycles. The van der Waals surface area contributed by atoms with Gasteiger partial charge in [0.2, 0.25) is 5.82 Å². The molecule has 0 aliphatic rings. The average molecular weight is 266 g/mol. The van der Waals surface area contributed by atoms with Gasteiger partial charge in [0.15, 0.2) is 17.1 Å². The highest BCUT2D eigenvalue weighted by Gasteiger charge is 2.35. The number of fused-ring (bicyclic) bond motifs is 1. The maximum atomic E-state index is 13.3. The zero-order valence-corrected chi connectivity index (χ0v) is 8.31. The van der Waals surface area contributed by atoms with Crippen LogP contribution in [0.4, 0.5) is 22.0 Å². The Balaban J connectivity index is 3.02. The first kappa shape index (κ1) is 12.3. The first-order valence-corrected chi connectivity index (χ1v) is 4.44. The summed E-state index contributed by atoms with van der Waals surface area (Å²) in [5.41, 5.74) is -4.14. The van der Waals surface area contributed by atoms with Crippen molar-refractivity contribution in [2.45, 2.75) is 6.18 Å². The topological polar surface area (TPSA) is 50.4 Å². The summed E-state index contributed by atoms with van der Waals surface area (Å²) in [5.74, 6) is -4.85. The Labute approximate surface area is 95.1 Å². The lowest BCUT2D eigenvalue weighted by Crippen LogP contribution is -2.11. The smallest absolute Gasteiger partial charge is 0.417 e. The Kier molecular flexibility index (Phi) is 2.53. The van der Waals surface area contributed by atoms with Crippen LogP contribution >= 0.6 is 0 Å². The van der Waals surface area contributed by atoms with Crippen molar-refractivity contribution < 1.29 is 31.5 Å². The summed E-state index contributed by atoms with van der Waals surface area (Å²) in [5, 5.41) is 7.92. The summed E-state index contributed by atoms with van der Waals surface area (Å²) >= 11 is 0. The Bertz CT molecular complexity index is 686. The van der Waals surface area contributed by atoms with E-state index in [4.69, 9.17) is 5.11 Å². The Hall–Kier alpha value is -2.12. The maximum Gasteiger partial charge on any atom is 0.417 e. The molecule has 0 unspecified atom stereocenters. The van der Waals surface area contributed by atoms with Gasteiger partial charge in [-0.15, -0.1) is 0 Å². The number of phenolic OH excluding ortho intramolecular Hbond substituents is 1. The van der Waals surface area contributed by atoms with E-state index in [2.05, 4.69) is 4.42 Å². The van der Waals surface area contributed by atoms with Crippen LogP contribution in [0.1, 0.15) is 5.56 Å². The van der Waals surface area contributed by atoms with Gasteiger partial charge in [0, 0.05) is 11.5 Å². The normalized spacial score (nSPS) is 12.1. The molecule has 1 heterocycles. The molecule has 3 nitrogen and oxygen atoms in total. The number of hydrogen-bond acceptors (Lipinski definition) is 3. The number of hydrogen-bond donors (Lipinski definition) is 1. The molecule has 8 heteroatoms. The molecule has 0 bridgehead atoms. The van der Waals surface area contributed by atoms with Crippen LogP contribution < -0.4 is 5.63 Å². The third kappa shape index (κ3) is 1.79. The lowest BCUT2D eigenvalue weighted by atomic mass is 10.1. The van der Waals surface area contributed by atoms with Gasteiger partial charge >= 0.3 is 11.8 Å². The summed E-state index contributed by atoms with van der Waals surface area (Å²) in [6, 6.07) is 0.331. The van der Waals surface area contributed by atoms with E-state index in [1.165, 1.54) is 0 Å². The quantitative estimate of drug-likeness (QED) is 0.589. The molecule has 18 heavy (non-hydrogen) atoms. The first-order valence-electron chi connectivity index (χ1n) is 4.44. The zero-order chi connectivity index (χ0) is 13.7. The van der Waals surface area contributed by atoms with Gasteiger partial charge in [-0.2, -0.15) is 17.6 Å². The van der Waals surface area contributed by atoms with E-state index in [9.17, 15) is 26.7 Å². The van der Waals surface area contributed by atoms with Crippen LogP contribution in [0.2, 0.25) is 0 Å². The highest BCUT2D eigenvalue weighted by atomic mass is 19.4. The standard InChI is InChI=1S/C10H3F5O3/c11-5-1-3-4(10(13,14)15)2-6(16)18-9(3)7(12)8(5)17/h1-2,17H. The Morgan fingerprint density at radius 2 is 1.78 bits per heavy atom. The number of aromatic hydroxyl groups is 1. The molecule has 0 aliphatic heterocycles. The van der Waals surface area contributed by atoms with E-state index >= 15 is 0 Å². The average Bonchev–Trinajstić information content (AvgIpc) is 2.25. The fourth-order valence-corrected chi connectivity index (χ4v) is 1.45. The summed E-state index contributed by atoms with van der Waals surface area (Å²) in [4.78, 5) is 10.9. The molecule has 1 aromatic heterocycles. The van der Waals surface area contributed by atoms with Crippen molar-refractivity contribution in [3.8, 4) is 5.75 Å². The molecule has 0 saturated carbocycles. The molecular weight excluding hydrogens is 263 g/mol. The highest BCUT2D eigenvalue weighted by molar-refractivity contribution is 5.82. The number of rotatable bonds is 0. The highest BCUT2D eigenvalue weighted by Crippen LogP contribution is 2.37. The van der Waals surface area contributed by atoms with Crippen LogP contribution in [0.15, 0.2) is 21.3 Å². The SMILES string of the molecule is O=c1cc(C(F)(F)F)c2cc(F)c(O)c(F)c2o1. The van der Waals surface area contributed by atoms with Gasteiger partial charge in [-0.05, 0) is 6.07 Å². The summed E-state index contributed by atoms with van der Waals surface area (Å²) in [7, 11) is 0. The van der Waals surface area contributed by atoms with Crippen LogP contribution in [0.3, 0.4) is 0 Å². The molecule has 0 fully saturated rings. The van der Waals surface area contributed by atoms with Crippen LogP contribution in [0, 0.1) is 11.6 Å². The molecule has 96 valence electrons. The molecule has 1 N–H and O–H groups in total. The lowest BCUT2D eigenvalue weighted by molar-refractivity contribution is -0.136. The number of phenols is 1. The minimum absolute atomic E-state index is 0.0816. The maximum absolute atomic E-state index is 13.3. The zero-order valence-electron chi connectivity index (χ0n) is 8.31. The van der Waals surface area contributed by atoms with Gasteiger partial charge in [0.05, 0.1) is 5.56 Å². The van der Waals surface area contributed by atoms with Gasteiger partial charge in [0.25, 0.3) is 0 Å². The van der Waals surface area contributed by atoms with E-state index in [-0.39, 0.29) is 12.1 Å². The molecule has 0 atom stereocenters. The molecule has 0 spiro atoms. The van der Waals surface area contributed by atoms with Crippen molar-refractivity contribution in [1.82, 2.24) is 0 Å². The van der Waals surface area contributed by atoms with Gasteiger partial charge < -0.3 is 9.52 Å². The van der Waals surface area contributed by atoms with Crippen molar-refractivity contribution >= 4 is 11.0 Å². The van der Waals surface area contributed by atoms with Crippen molar-refractivity contribution in [1.29, 1.82) is 0 Å². The molecule has 2 rings (SSSR count). The van der Waals surface area contributed by atoms with Crippen molar-refractivity contribution in [2.75, 3.05) is 0 Å². The largest absolute Gasteiger partial charge is 0.503 e. The van der Waals surface area contributed by atoms with Gasteiger partial charge in [-0.25, -0.2) is 9.18 Å². The minimum atomic E-state index is -4.98. The first-order chi connectivity index (χ1) is 8.21. The fraction of sp³-hybridized carbons (Fsp3) is 0.100. The third-order valence-electron chi connectivity index (χ3n) is 2.21. The summed E-state index contributed by atoms with van der Waals surface area (Å²) in [6.07, 6.45) is -4.98. The van der Waals surface area contributed by atoms with E-state index < -0.39 is 45.7 Å². The number of alkyl halides is 3. The summed E-state index contributed by atoms with van der Waals surface area (Å²) < 4.78 is 68.2. The molecule has 0 amide bonds. The number of halogens is 5. The molecule has 0 radical (unpaired) electrons. The van der Waals surface area contributed by atoms with E-state index in [1.807, 2.05) is 0 Å². The monoisotopic (exact) mass is 266 g/mol. The van der Waals surface area contributed by atoms with Gasteiger partial charge in [0.1, 0.15) is 0 Å². The van der Waals surface area contributed by atoms with Gasteiger partial charge in [-0.1, -0.05) is 0 Å². The van der Waals surface area contributed by atoms with Crippen molar-refractivity contribution in [2.24, 2.45) is 0 Å². The number of benzene rings is 1. The molecule has 2 aromatic rings. The van der Waals surface area contributed by atoms with Crippen LogP contribution in [0.25, 0.3) is 11.0 Å². The molecule has 0 saturated heterocycles. The lowest BCUT2D eigenvalue weighted by Gasteiger charge is -2.10. The molecular formula is C10H3F5O3. The second kappa shape index (κ2) is 3.69. The third-order valence-corrected chi connectivity index (χ3v) is 2.21. The predicted octanol–water partition coefficient (Wildman–Crippen LogP) is 2.80. The van der Waals surface area contributed by atoms with Crippen LogP contribution in [0.5, 0.6) is 5.75 Å². The fourth-order valence-electron chi connectivity index (χ4n) is 1.45. The summed E-state index contributed by atoms with van der Waals surface area (Å²) in [6.45, 7) is 0.